The predicted octanol–water partition coefficient (Wildman–Crippen LogP) is 4.33. The number of benzene rings is 2. The van der Waals surface area contributed by atoms with Gasteiger partial charge in [-0.3, -0.25) is 0 Å². The predicted molar refractivity (Wildman–Crippen MR) is 58.3 cm³/mol. The highest BCUT2D eigenvalue weighted by atomic mass is 79.9. The van der Waals surface area contributed by atoms with E-state index in [1.807, 2.05) is 0 Å². The lowest BCUT2D eigenvalue weighted by atomic mass is 10.1. The Labute approximate surface area is 97.6 Å². The van der Waals surface area contributed by atoms with E-state index in [1.54, 1.807) is 18.2 Å². The maximum atomic E-state index is 12.5. The monoisotopic (exact) mass is 290 g/mol. The summed E-state index contributed by atoms with van der Waals surface area (Å²) in [6, 6.07) is 6.59. The van der Waals surface area contributed by atoms with Gasteiger partial charge in [0.05, 0.1) is 5.56 Å². The van der Waals surface area contributed by atoms with Gasteiger partial charge in [0.15, 0.2) is 0 Å². The molecule has 1 N–H and O–H groups in total. The van der Waals surface area contributed by atoms with Crippen LogP contribution in [0.5, 0.6) is 5.75 Å². The van der Waals surface area contributed by atoms with Crippen LogP contribution in [0, 0.1) is 0 Å². The number of rotatable bonds is 0. The van der Waals surface area contributed by atoms with Crippen molar-refractivity contribution in [3.8, 4) is 5.75 Å². The number of phenols is 1. The van der Waals surface area contributed by atoms with E-state index in [4.69, 9.17) is 0 Å². The largest absolute Gasteiger partial charge is 0.507 e. The van der Waals surface area contributed by atoms with Crippen molar-refractivity contribution in [1.82, 2.24) is 0 Å². The third-order valence-electron chi connectivity index (χ3n) is 2.25. The molecule has 1 nitrogen and oxygen atoms in total. The summed E-state index contributed by atoms with van der Waals surface area (Å²) in [5.74, 6) is -0.369. The second-order valence-corrected chi connectivity index (χ2v) is 4.18. The van der Waals surface area contributed by atoms with E-state index < -0.39 is 11.7 Å². The van der Waals surface area contributed by atoms with E-state index in [0.717, 1.165) is 12.1 Å². The number of hydrogen-bond donors (Lipinski definition) is 1. The topological polar surface area (TPSA) is 20.2 Å². The Morgan fingerprint density at radius 2 is 1.75 bits per heavy atom. The van der Waals surface area contributed by atoms with Gasteiger partial charge in [-0.25, -0.2) is 0 Å². The number of fused-ring (bicyclic) bond motifs is 1. The molecule has 0 heterocycles. The highest BCUT2D eigenvalue weighted by Crippen LogP contribution is 2.37. The van der Waals surface area contributed by atoms with Crippen molar-refractivity contribution in [1.29, 1.82) is 0 Å². The molecule has 0 aliphatic carbocycles. The zero-order valence-electron chi connectivity index (χ0n) is 7.85. The smallest absolute Gasteiger partial charge is 0.416 e. The second kappa shape index (κ2) is 3.66. The lowest BCUT2D eigenvalue weighted by Crippen LogP contribution is -2.04. The van der Waals surface area contributed by atoms with Gasteiger partial charge in [0.2, 0.25) is 0 Å². The average Bonchev–Trinajstić information content (AvgIpc) is 2.18. The molecule has 0 amide bonds. The van der Waals surface area contributed by atoms with Gasteiger partial charge in [-0.05, 0) is 18.2 Å². The molecule has 0 aliphatic heterocycles. The molecule has 2 rings (SSSR count). The van der Waals surface area contributed by atoms with Crippen LogP contribution in [0.1, 0.15) is 5.56 Å². The van der Waals surface area contributed by atoms with Crippen LogP contribution in [0.3, 0.4) is 0 Å². The van der Waals surface area contributed by atoms with Gasteiger partial charge >= 0.3 is 6.18 Å². The Kier molecular flexibility index (Phi) is 2.58. The molecule has 5 heteroatoms. The molecule has 0 atom stereocenters. The molecule has 84 valence electrons. The summed E-state index contributed by atoms with van der Waals surface area (Å²) in [7, 11) is 0. The van der Waals surface area contributed by atoms with Crippen LogP contribution in [0.4, 0.5) is 13.2 Å². The summed E-state index contributed by atoms with van der Waals surface area (Å²) in [6.45, 7) is 0. The summed E-state index contributed by atoms with van der Waals surface area (Å²) in [4.78, 5) is 0. The quantitative estimate of drug-likeness (QED) is 0.766. The van der Waals surface area contributed by atoms with E-state index in [0.29, 0.717) is 15.2 Å². The van der Waals surface area contributed by atoms with Crippen molar-refractivity contribution >= 4 is 26.7 Å². The Balaban J connectivity index is 2.81. The summed E-state index contributed by atoms with van der Waals surface area (Å²) in [5, 5.41) is 10.3. The van der Waals surface area contributed by atoms with Gasteiger partial charge in [0, 0.05) is 15.2 Å². The first kappa shape index (κ1) is 11.3. The molecule has 0 bridgehead atoms. The van der Waals surface area contributed by atoms with E-state index in [1.165, 1.54) is 0 Å². The summed E-state index contributed by atoms with van der Waals surface area (Å²) in [5.41, 5.74) is -0.857. The number of alkyl halides is 3. The minimum absolute atomic E-state index is 0.342. The first-order valence-corrected chi connectivity index (χ1v) is 5.17. The van der Waals surface area contributed by atoms with E-state index in [2.05, 4.69) is 15.9 Å². The molecule has 0 fully saturated rings. The highest BCUT2D eigenvalue weighted by molar-refractivity contribution is 9.10. The lowest BCUT2D eigenvalue weighted by molar-refractivity contribution is -0.137. The number of phenolic OH excluding ortho intramolecular Hbond substituents is 1. The molecule has 0 spiro atoms. The molecule has 0 unspecified atom stereocenters. The van der Waals surface area contributed by atoms with Gasteiger partial charge in [-0.1, -0.05) is 28.1 Å². The Morgan fingerprint density at radius 3 is 2.38 bits per heavy atom. The van der Waals surface area contributed by atoms with Crippen molar-refractivity contribution in [3.63, 3.8) is 0 Å². The maximum absolute atomic E-state index is 12.5. The zero-order chi connectivity index (χ0) is 11.9. The highest BCUT2D eigenvalue weighted by Gasteiger charge is 2.31. The van der Waals surface area contributed by atoms with Crippen LogP contribution in [0.15, 0.2) is 34.8 Å². The van der Waals surface area contributed by atoms with Crippen molar-refractivity contribution < 1.29 is 18.3 Å². The molecular formula is C11H6BrF3O. The van der Waals surface area contributed by atoms with E-state index >= 15 is 0 Å². The van der Waals surface area contributed by atoms with Gasteiger partial charge < -0.3 is 5.11 Å². The molecule has 16 heavy (non-hydrogen) atoms. The van der Waals surface area contributed by atoms with Crippen LogP contribution >= 0.6 is 15.9 Å². The second-order valence-electron chi connectivity index (χ2n) is 3.33. The SMILES string of the molecule is Oc1cc(C(F)(F)F)cc2c(Br)cccc12. The van der Waals surface area contributed by atoms with E-state index in [-0.39, 0.29) is 5.75 Å². The Morgan fingerprint density at radius 1 is 1.06 bits per heavy atom. The van der Waals surface area contributed by atoms with Crippen molar-refractivity contribution in [3.05, 3.63) is 40.4 Å². The summed E-state index contributed by atoms with van der Waals surface area (Å²) < 4.78 is 38.0. The fourth-order valence-electron chi connectivity index (χ4n) is 1.49. The minimum Gasteiger partial charge on any atom is -0.507 e. The normalized spacial score (nSPS) is 12.0. The zero-order valence-corrected chi connectivity index (χ0v) is 9.43. The first-order chi connectivity index (χ1) is 7.39. The number of halogens is 4. The standard InChI is InChI=1S/C11H6BrF3O/c12-9-3-1-2-7-8(9)4-6(5-10(7)16)11(13,14)15/h1-5,16H. The van der Waals surface area contributed by atoms with Gasteiger partial charge in [-0.2, -0.15) is 13.2 Å². The molecule has 2 aromatic rings. The van der Waals surface area contributed by atoms with Crippen molar-refractivity contribution in [2.75, 3.05) is 0 Å². The van der Waals surface area contributed by atoms with E-state index in [9.17, 15) is 18.3 Å². The van der Waals surface area contributed by atoms with Gasteiger partial charge in [0.1, 0.15) is 5.75 Å². The van der Waals surface area contributed by atoms with Gasteiger partial charge in [-0.15, -0.1) is 0 Å². The third-order valence-corrected chi connectivity index (χ3v) is 2.94. The van der Waals surface area contributed by atoms with Crippen LogP contribution in [-0.4, -0.2) is 5.11 Å². The molecule has 0 saturated heterocycles. The van der Waals surface area contributed by atoms with Gasteiger partial charge in [0.25, 0.3) is 0 Å². The molecule has 0 aliphatic rings. The Bertz CT molecular complexity index is 549. The maximum Gasteiger partial charge on any atom is 0.416 e. The van der Waals surface area contributed by atoms with Crippen molar-refractivity contribution in [2.24, 2.45) is 0 Å². The minimum atomic E-state index is -4.46. The Hall–Kier alpha value is -1.23. The number of hydrogen-bond acceptors (Lipinski definition) is 1. The van der Waals surface area contributed by atoms with Crippen LogP contribution in [0.2, 0.25) is 0 Å². The fourth-order valence-corrected chi connectivity index (χ4v) is 1.97. The molecule has 0 aromatic heterocycles. The van der Waals surface area contributed by atoms with Crippen LogP contribution in [0.25, 0.3) is 10.8 Å². The number of aromatic hydroxyl groups is 1. The molecule has 2 aromatic carbocycles. The van der Waals surface area contributed by atoms with Crippen molar-refractivity contribution in [2.45, 2.75) is 6.18 Å². The molecule has 0 radical (unpaired) electrons. The van der Waals surface area contributed by atoms with Crippen LogP contribution in [-0.2, 0) is 6.18 Å². The lowest BCUT2D eigenvalue weighted by Gasteiger charge is -2.10. The third kappa shape index (κ3) is 1.87. The summed E-state index contributed by atoms with van der Waals surface area (Å²) in [6.07, 6.45) is -4.46. The van der Waals surface area contributed by atoms with Crippen LogP contribution < -0.4 is 0 Å². The fraction of sp³-hybridized carbons (Fsp3) is 0.0909. The molecule has 0 saturated carbocycles. The molecular weight excluding hydrogens is 285 g/mol. The average molecular weight is 291 g/mol. The summed E-state index contributed by atoms with van der Waals surface area (Å²) >= 11 is 3.15. The first-order valence-electron chi connectivity index (χ1n) is 4.38.